The summed E-state index contributed by atoms with van der Waals surface area (Å²) in [5.41, 5.74) is 0. The largest absolute Gasteiger partial charge is 0.462 e. The molecular weight excluding hydrogens is 773 g/mol. The van der Waals surface area contributed by atoms with E-state index in [0.29, 0.717) is 6.42 Å². The van der Waals surface area contributed by atoms with Crippen molar-refractivity contribution in [3.8, 4) is 0 Å². The molecule has 10 heteroatoms. The van der Waals surface area contributed by atoms with Gasteiger partial charge in [0.05, 0.1) is 13.2 Å². The number of carbonyl (C=O) groups excluding carboxylic acids is 2. The summed E-state index contributed by atoms with van der Waals surface area (Å²) in [5.74, 6) is -0.804. The van der Waals surface area contributed by atoms with E-state index in [1.807, 2.05) is 0 Å². The van der Waals surface area contributed by atoms with Gasteiger partial charge in [-0.2, -0.15) is 0 Å². The lowest BCUT2D eigenvalue weighted by molar-refractivity contribution is -0.305. The first kappa shape index (κ1) is 57.2. The number of hydrogen-bond donors (Lipinski definition) is 4. The molecule has 358 valence electrons. The molecule has 0 amide bonds. The van der Waals surface area contributed by atoms with Crippen LogP contribution in [0.5, 0.6) is 0 Å². The van der Waals surface area contributed by atoms with Crippen LogP contribution in [0, 0.1) is 0 Å². The molecule has 1 heterocycles. The topological polar surface area (TPSA) is 152 Å². The molecule has 10 nitrogen and oxygen atoms in total. The Kier molecular flexibility index (Phi) is 39.5. The van der Waals surface area contributed by atoms with Crippen molar-refractivity contribution in [2.45, 2.75) is 269 Å². The highest BCUT2D eigenvalue weighted by molar-refractivity contribution is 5.70. The lowest BCUT2D eigenvalue weighted by atomic mass is 9.99. The molecule has 0 aromatic heterocycles. The summed E-state index contributed by atoms with van der Waals surface area (Å²) in [6, 6.07) is 0. The number of unbranched alkanes of at least 4 members (excludes halogenated alkanes) is 28. The van der Waals surface area contributed by atoms with Gasteiger partial charge in [0, 0.05) is 12.8 Å². The zero-order valence-corrected chi connectivity index (χ0v) is 39.2. The molecule has 0 aromatic carbocycles. The zero-order chi connectivity index (χ0) is 44.4. The normalized spacial score (nSPS) is 19.9. The van der Waals surface area contributed by atoms with Crippen LogP contribution in [0.4, 0.5) is 0 Å². The van der Waals surface area contributed by atoms with Gasteiger partial charge in [0.25, 0.3) is 0 Å². The maximum atomic E-state index is 12.8. The summed E-state index contributed by atoms with van der Waals surface area (Å²) in [6.07, 6.45) is 40.4. The quantitative estimate of drug-likeness (QED) is 0.0265. The van der Waals surface area contributed by atoms with Gasteiger partial charge in [-0.05, 0) is 44.9 Å². The summed E-state index contributed by atoms with van der Waals surface area (Å²) in [6.45, 7) is 3.43. The van der Waals surface area contributed by atoms with Crippen molar-refractivity contribution in [2.24, 2.45) is 0 Å². The average molecular weight is 867 g/mol. The zero-order valence-electron chi connectivity index (χ0n) is 39.2. The second-order valence-corrected chi connectivity index (χ2v) is 17.6. The number of allylic oxidation sites excluding steroid dienone is 4. The van der Waals surface area contributed by atoms with Gasteiger partial charge in [0.2, 0.25) is 0 Å². The van der Waals surface area contributed by atoms with Gasteiger partial charge in [0.15, 0.2) is 12.4 Å². The van der Waals surface area contributed by atoms with Crippen molar-refractivity contribution in [1.29, 1.82) is 0 Å². The fourth-order valence-corrected chi connectivity index (χ4v) is 7.81. The van der Waals surface area contributed by atoms with E-state index in [4.69, 9.17) is 18.9 Å². The molecule has 1 saturated heterocycles. The van der Waals surface area contributed by atoms with E-state index in [1.165, 1.54) is 148 Å². The van der Waals surface area contributed by atoms with Crippen LogP contribution >= 0.6 is 0 Å². The third-order valence-corrected chi connectivity index (χ3v) is 11.8. The van der Waals surface area contributed by atoms with Gasteiger partial charge >= 0.3 is 11.9 Å². The second kappa shape index (κ2) is 42.1. The minimum atomic E-state index is -1.59. The number of hydrogen-bond acceptors (Lipinski definition) is 10. The molecule has 1 fully saturated rings. The second-order valence-electron chi connectivity index (χ2n) is 17.6. The summed E-state index contributed by atoms with van der Waals surface area (Å²) in [7, 11) is 0. The van der Waals surface area contributed by atoms with Gasteiger partial charge in [0.1, 0.15) is 31.0 Å². The monoisotopic (exact) mass is 867 g/mol. The van der Waals surface area contributed by atoms with Gasteiger partial charge in [-0.1, -0.05) is 199 Å². The van der Waals surface area contributed by atoms with Crippen LogP contribution in [-0.4, -0.2) is 89.0 Å². The Bertz CT molecular complexity index is 1050. The van der Waals surface area contributed by atoms with E-state index in [0.717, 1.165) is 51.4 Å². The lowest BCUT2D eigenvalue weighted by Crippen LogP contribution is -2.59. The van der Waals surface area contributed by atoms with Gasteiger partial charge < -0.3 is 39.4 Å². The van der Waals surface area contributed by atoms with Crippen molar-refractivity contribution in [2.75, 3.05) is 19.8 Å². The molecule has 0 aromatic rings. The van der Waals surface area contributed by atoms with E-state index in [2.05, 4.69) is 38.2 Å². The highest BCUT2D eigenvalue weighted by atomic mass is 16.7. The van der Waals surface area contributed by atoms with E-state index in [1.54, 1.807) is 0 Å². The Morgan fingerprint density at radius 2 is 0.918 bits per heavy atom. The maximum absolute atomic E-state index is 12.8. The fraction of sp³-hybridized carbons (Fsp3) is 0.882. The van der Waals surface area contributed by atoms with Gasteiger partial charge in [-0.3, -0.25) is 9.59 Å². The third kappa shape index (κ3) is 33.4. The molecule has 0 aliphatic carbocycles. The molecule has 1 rings (SSSR count). The standard InChI is InChI=1S/C51H94O10/c1-3-5-7-9-11-13-15-17-19-21-22-24-25-27-29-31-33-35-37-39-46(53)58-42-44(43-59-51-50(57)49(56)48(55)45(41-52)61-51)60-47(54)40-38-36-34-32-30-28-26-23-20-18-16-14-12-10-8-6-4-2/h12,14,18,20,44-45,48-52,55-57H,3-11,13,15-17,19,21-43H2,1-2H3/b14-12-,20-18-. The summed E-state index contributed by atoms with van der Waals surface area (Å²) in [4.78, 5) is 25.4. The number of aliphatic hydroxyl groups is 4. The minimum Gasteiger partial charge on any atom is -0.462 e. The average Bonchev–Trinajstić information content (AvgIpc) is 3.26. The van der Waals surface area contributed by atoms with Crippen molar-refractivity contribution in [3.63, 3.8) is 0 Å². The third-order valence-electron chi connectivity index (χ3n) is 11.8. The van der Waals surface area contributed by atoms with E-state index in [-0.39, 0.29) is 32.0 Å². The smallest absolute Gasteiger partial charge is 0.306 e. The molecule has 61 heavy (non-hydrogen) atoms. The van der Waals surface area contributed by atoms with E-state index in [9.17, 15) is 30.0 Å². The number of esters is 2. The Balaban J connectivity index is 2.26. The van der Waals surface area contributed by atoms with Gasteiger partial charge in [-0.15, -0.1) is 0 Å². The molecule has 4 N–H and O–H groups in total. The minimum absolute atomic E-state index is 0.216. The van der Waals surface area contributed by atoms with Crippen molar-refractivity contribution >= 4 is 11.9 Å². The summed E-state index contributed by atoms with van der Waals surface area (Å²) >= 11 is 0. The molecule has 1 aliphatic rings. The highest BCUT2D eigenvalue weighted by Gasteiger charge is 2.44. The van der Waals surface area contributed by atoms with Crippen molar-refractivity contribution < 1.29 is 49.0 Å². The summed E-state index contributed by atoms with van der Waals surface area (Å²) in [5, 5.41) is 40.2. The molecule has 6 unspecified atom stereocenters. The van der Waals surface area contributed by atoms with Gasteiger partial charge in [-0.25, -0.2) is 0 Å². The van der Waals surface area contributed by atoms with Crippen LogP contribution in [0.2, 0.25) is 0 Å². The number of rotatable bonds is 43. The van der Waals surface area contributed by atoms with Crippen LogP contribution < -0.4 is 0 Å². The maximum Gasteiger partial charge on any atom is 0.306 e. The SMILES string of the molecule is CCCCC/C=C\C/C=C\CCCCCCCCCC(=O)OC(COC(=O)CCCCCCCCCCCCCCCCCCCCC)COC1OC(CO)C(O)C(O)C1O. The van der Waals surface area contributed by atoms with E-state index < -0.39 is 49.4 Å². The van der Waals surface area contributed by atoms with Crippen molar-refractivity contribution in [3.05, 3.63) is 24.3 Å². The van der Waals surface area contributed by atoms with Crippen LogP contribution in [0.15, 0.2) is 24.3 Å². The number of carbonyl (C=O) groups is 2. The highest BCUT2D eigenvalue weighted by Crippen LogP contribution is 2.23. The lowest BCUT2D eigenvalue weighted by Gasteiger charge is -2.39. The fourth-order valence-electron chi connectivity index (χ4n) is 7.81. The number of ether oxygens (including phenoxy) is 4. The van der Waals surface area contributed by atoms with Crippen LogP contribution in [0.1, 0.15) is 232 Å². The molecule has 1 aliphatic heterocycles. The molecule has 0 bridgehead atoms. The molecule has 6 atom stereocenters. The first-order valence-electron chi connectivity index (χ1n) is 25.4. The Morgan fingerprint density at radius 1 is 0.508 bits per heavy atom. The van der Waals surface area contributed by atoms with Crippen LogP contribution in [0.25, 0.3) is 0 Å². The molecule has 0 spiro atoms. The van der Waals surface area contributed by atoms with Crippen LogP contribution in [-0.2, 0) is 28.5 Å². The first-order valence-corrected chi connectivity index (χ1v) is 25.4. The predicted octanol–water partition coefficient (Wildman–Crippen LogP) is 11.7. The Hall–Kier alpha value is -1.82. The summed E-state index contributed by atoms with van der Waals surface area (Å²) < 4.78 is 22.2. The Labute approximate surface area is 373 Å². The van der Waals surface area contributed by atoms with Crippen LogP contribution in [0.3, 0.4) is 0 Å². The van der Waals surface area contributed by atoms with E-state index >= 15 is 0 Å². The Morgan fingerprint density at radius 3 is 1.39 bits per heavy atom. The molecule has 0 radical (unpaired) electrons. The predicted molar refractivity (Wildman–Crippen MR) is 247 cm³/mol. The van der Waals surface area contributed by atoms with Crippen molar-refractivity contribution in [1.82, 2.24) is 0 Å². The first-order chi connectivity index (χ1) is 29.8. The molecule has 0 saturated carbocycles. The molecular formula is C51H94O10. The number of aliphatic hydroxyl groups excluding tert-OH is 4.